The van der Waals surface area contributed by atoms with Crippen molar-refractivity contribution in [3.8, 4) is 22.6 Å². The first-order valence-corrected chi connectivity index (χ1v) is 10.8. The molecule has 164 valence electrons. The molecule has 0 spiro atoms. The van der Waals surface area contributed by atoms with Crippen LogP contribution in [0.15, 0.2) is 54.7 Å². The smallest absolute Gasteiger partial charge is 0.303 e. The molecule has 3 aromatic rings. The zero-order valence-corrected chi connectivity index (χ0v) is 17.8. The van der Waals surface area contributed by atoms with Crippen molar-refractivity contribution in [3.63, 3.8) is 0 Å². The molecule has 1 aromatic heterocycles. The maximum absolute atomic E-state index is 14.3. The van der Waals surface area contributed by atoms with Crippen molar-refractivity contribution in [3.05, 3.63) is 77.4 Å². The molecule has 1 aliphatic heterocycles. The Morgan fingerprint density at radius 2 is 2.06 bits per heavy atom. The molecule has 32 heavy (non-hydrogen) atoms. The van der Waals surface area contributed by atoms with E-state index in [4.69, 9.17) is 9.47 Å². The second-order valence-corrected chi connectivity index (χ2v) is 8.54. The Balaban J connectivity index is 1.34. The number of carboxylic acid groups (broad SMARTS) is 1. The van der Waals surface area contributed by atoms with Gasteiger partial charge in [0.25, 0.3) is 0 Å². The average Bonchev–Trinajstić information content (AvgIpc) is 3.55. The summed E-state index contributed by atoms with van der Waals surface area (Å²) in [5, 5.41) is 9.29. The van der Waals surface area contributed by atoms with Crippen LogP contribution in [-0.2, 0) is 11.2 Å². The highest BCUT2D eigenvalue weighted by Crippen LogP contribution is 2.46. The van der Waals surface area contributed by atoms with Gasteiger partial charge >= 0.3 is 5.97 Å². The molecular weight excluding hydrogens is 409 g/mol. The number of pyridine rings is 1. The van der Waals surface area contributed by atoms with E-state index in [0.717, 1.165) is 35.4 Å². The third-order valence-corrected chi connectivity index (χ3v) is 6.38. The third-order valence-electron chi connectivity index (χ3n) is 6.38. The molecule has 1 fully saturated rings. The lowest BCUT2D eigenvalue weighted by molar-refractivity contribution is -0.137. The summed E-state index contributed by atoms with van der Waals surface area (Å²) in [6.07, 6.45) is 4.45. The number of carboxylic acids is 1. The van der Waals surface area contributed by atoms with Gasteiger partial charge in [-0.15, -0.1) is 0 Å². The van der Waals surface area contributed by atoms with Gasteiger partial charge in [0, 0.05) is 23.7 Å². The van der Waals surface area contributed by atoms with E-state index in [1.54, 1.807) is 25.4 Å². The number of nitrogens with zero attached hydrogens (tertiary/aromatic N) is 1. The van der Waals surface area contributed by atoms with Gasteiger partial charge in [-0.05, 0) is 66.1 Å². The zero-order valence-electron chi connectivity index (χ0n) is 17.8. The number of rotatable bonds is 7. The van der Waals surface area contributed by atoms with Crippen molar-refractivity contribution in [1.29, 1.82) is 0 Å². The Bertz CT molecular complexity index is 1160. The lowest BCUT2D eigenvalue weighted by atomic mass is 9.90. The Labute approximate surface area is 185 Å². The van der Waals surface area contributed by atoms with Crippen LogP contribution in [-0.4, -0.2) is 23.2 Å². The average molecular weight is 433 g/mol. The van der Waals surface area contributed by atoms with E-state index in [9.17, 15) is 14.3 Å². The molecule has 0 saturated heterocycles. The Hall–Kier alpha value is -3.41. The van der Waals surface area contributed by atoms with Crippen molar-refractivity contribution in [2.24, 2.45) is 5.92 Å². The van der Waals surface area contributed by atoms with E-state index in [0.29, 0.717) is 29.2 Å². The van der Waals surface area contributed by atoms with Crippen LogP contribution in [0.2, 0.25) is 0 Å². The normalized spacial score (nSPS) is 18.0. The monoisotopic (exact) mass is 433 g/mol. The van der Waals surface area contributed by atoms with E-state index in [2.05, 4.69) is 4.98 Å². The van der Waals surface area contributed by atoms with Crippen LogP contribution >= 0.6 is 0 Å². The van der Waals surface area contributed by atoms with E-state index >= 15 is 0 Å². The van der Waals surface area contributed by atoms with Crippen molar-refractivity contribution in [1.82, 2.24) is 4.98 Å². The van der Waals surface area contributed by atoms with Gasteiger partial charge in [0.1, 0.15) is 23.4 Å². The van der Waals surface area contributed by atoms with Gasteiger partial charge in [-0.3, -0.25) is 9.78 Å². The molecule has 6 heteroatoms. The van der Waals surface area contributed by atoms with Crippen LogP contribution in [0.4, 0.5) is 4.39 Å². The van der Waals surface area contributed by atoms with Gasteiger partial charge in [-0.25, -0.2) is 4.39 Å². The number of hydrogen-bond acceptors (Lipinski definition) is 4. The molecule has 1 aliphatic carbocycles. The predicted molar refractivity (Wildman–Crippen MR) is 117 cm³/mol. The standard InChI is InChI=1S/C26H24FNO4/c1-31-19-7-8-22(27)21(12-19)18-6-9-23(28-14-18)25-11-17-5-4-16(10-24(17)32-25)20(13-26(29)30)15-2-3-15/h4-10,12,14-15,20,25H,2-3,11,13H2,1H3,(H,29,30)/t20-,25?/m0/s1. The fourth-order valence-electron chi connectivity index (χ4n) is 4.49. The number of fused-ring (bicyclic) bond motifs is 1. The minimum atomic E-state index is -0.766. The fraction of sp³-hybridized carbons (Fsp3) is 0.308. The molecule has 5 nitrogen and oxygen atoms in total. The molecule has 1 N–H and O–H groups in total. The van der Waals surface area contributed by atoms with Gasteiger partial charge in [0.15, 0.2) is 0 Å². The first kappa shape index (κ1) is 20.5. The zero-order chi connectivity index (χ0) is 22.2. The van der Waals surface area contributed by atoms with E-state index in [1.165, 1.54) is 6.07 Å². The minimum Gasteiger partial charge on any atom is -0.497 e. The second kappa shape index (κ2) is 8.26. The van der Waals surface area contributed by atoms with Gasteiger partial charge in [-0.1, -0.05) is 18.2 Å². The van der Waals surface area contributed by atoms with E-state index in [1.807, 2.05) is 30.3 Å². The third kappa shape index (κ3) is 4.05. The lowest BCUT2D eigenvalue weighted by Gasteiger charge is -2.15. The first-order chi connectivity index (χ1) is 15.5. The molecule has 0 amide bonds. The van der Waals surface area contributed by atoms with Crippen molar-refractivity contribution >= 4 is 5.97 Å². The van der Waals surface area contributed by atoms with Crippen molar-refractivity contribution < 1.29 is 23.8 Å². The van der Waals surface area contributed by atoms with Gasteiger partial charge in [0.2, 0.25) is 0 Å². The summed E-state index contributed by atoms with van der Waals surface area (Å²) in [6, 6.07) is 14.4. The topological polar surface area (TPSA) is 68.7 Å². The first-order valence-electron chi connectivity index (χ1n) is 10.8. The number of hydrogen-bond donors (Lipinski definition) is 1. The Morgan fingerprint density at radius 1 is 1.22 bits per heavy atom. The van der Waals surface area contributed by atoms with Crippen LogP contribution in [0.1, 0.15) is 48.1 Å². The number of halogens is 1. The number of methoxy groups -OCH3 is 1. The SMILES string of the molecule is COc1ccc(F)c(-c2ccc(C3Cc4ccc([C@@H](CC(=O)O)C5CC5)cc4O3)nc2)c1. The maximum atomic E-state index is 14.3. The minimum absolute atomic E-state index is 0.0376. The van der Waals surface area contributed by atoms with Crippen molar-refractivity contribution in [2.75, 3.05) is 7.11 Å². The molecule has 1 unspecified atom stereocenters. The molecule has 2 heterocycles. The van der Waals surface area contributed by atoms with Gasteiger partial charge in [-0.2, -0.15) is 0 Å². The Kier molecular flexibility index (Phi) is 5.29. The van der Waals surface area contributed by atoms with Crippen LogP contribution in [0.25, 0.3) is 11.1 Å². The summed E-state index contributed by atoms with van der Waals surface area (Å²) in [5.74, 6) is 0.779. The molecule has 2 aromatic carbocycles. The molecule has 0 radical (unpaired) electrons. The summed E-state index contributed by atoms with van der Waals surface area (Å²) < 4.78 is 25.7. The quantitative estimate of drug-likeness (QED) is 0.530. The van der Waals surface area contributed by atoms with E-state index in [-0.39, 0.29) is 24.3 Å². The molecule has 2 aliphatic rings. The molecular formula is C26H24FNO4. The summed E-state index contributed by atoms with van der Waals surface area (Å²) in [6.45, 7) is 0. The Morgan fingerprint density at radius 3 is 2.75 bits per heavy atom. The highest BCUT2D eigenvalue weighted by molar-refractivity contribution is 5.68. The van der Waals surface area contributed by atoms with Crippen LogP contribution in [0.5, 0.6) is 11.5 Å². The molecule has 5 rings (SSSR count). The van der Waals surface area contributed by atoms with Gasteiger partial charge in [0.05, 0.1) is 19.2 Å². The van der Waals surface area contributed by atoms with Crippen LogP contribution < -0.4 is 9.47 Å². The van der Waals surface area contributed by atoms with Gasteiger partial charge < -0.3 is 14.6 Å². The van der Waals surface area contributed by atoms with Crippen LogP contribution in [0.3, 0.4) is 0 Å². The molecule has 2 atom stereocenters. The summed E-state index contributed by atoms with van der Waals surface area (Å²) >= 11 is 0. The summed E-state index contributed by atoms with van der Waals surface area (Å²) in [7, 11) is 1.55. The molecule has 1 saturated carbocycles. The lowest BCUT2D eigenvalue weighted by Crippen LogP contribution is -2.08. The largest absolute Gasteiger partial charge is 0.497 e. The number of aliphatic carboxylic acids is 1. The molecule has 0 bridgehead atoms. The number of aromatic nitrogens is 1. The predicted octanol–water partition coefficient (Wildman–Crippen LogP) is 5.54. The van der Waals surface area contributed by atoms with Crippen molar-refractivity contribution in [2.45, 2.75) is 37.7 Å². The number of benzene rings is 2. The summed E-state index contributed by atoms with van der Waals surface area (Å²) in [5.41, 5.74) is 4.01. The summed E-state index contributed by atoms with van der Waals surface area (Å²) in [4.78, 5) is 15.8. The number of ether oxygens (including phenoxy) is 2. The highest BCUT2D eigenvalue weighted by atomic mass is 19.1. The van der Waals surface area contributed by atoms with Crippen LogP contribution in [0, 0.1) is 11.7 Å². The number of carbonyl (C=O) groups is 1. The fourth-order valence-corrected chi connectivity index (χ4v) is 4.49. The highest BCUT2D eigenvalue weighted by Gasteiger charge is 2.35. The van der Waals surface area contributed by atoms with E-state index < -0.39 is 5.97 Å². The second-order valence-electron chi connectivity index (χ2n) is 8.54. The maximum Gasteiger partial charge on any atom is 0.303 e.